The molecule has 0 saturated carbocycles. The minimum Gasteiger partial charge on any atom is -0.479 e. The maximum Gasteiger partial charge on any atom is 0.339 e. The lowest BCUT2D eigenvalue weighted by Crippen LogP contribution is -2.33. The van der Waals surface area contributed by atoms with Gasteiger partial charge in [0.15, 0.2) is 0 Å². The molecule has 0 aromatic carbocycles. The minimum absolute atomic E-state index is 0.853. The van der Waals surface area contributed by atoms with Gasteiger partial charge in [0.05, 0.1) is 6.21 Å². The highest BCUT2D eigenvalue weighted by Crippen LogP contribution is 2.20. The number of carboxylic acids is 1. The number of oxime groups is 1. The summed E-state index contributed by atoms with van der Waals surface area (Å²) in [6.07, 6.45) is -1.20. The van der Waals surface area contributed by atoms with Gasteiger partial charge in [-0.3, -0.25) is 0 Å². The van der Waals surface area contributed by atoms with Crippen molar-refractivity contribution in [2.45, 2.75) is 20.0 Å². The normalized spacial score (nSPS) is 15.2. The Morgan fingerprint density at radius 2 is 2.18 bits per heavy atom. The van der Waals surface area contributed by atoms with Crippen molar-refractivity contribution in [2.75, 3.05) is 0 Å². The maximum atomic E-state index is 12.7. The molecule has 1 unspecified atom stereocenters. The van der Waals surface area contributed by atoms with Gasteiger partial charge in [-0.15, -0.1) is 5.16 Å². The molecule has 11 heavy (non-hydrogen) atoms. The SMILES string of the molecule is CC(C)(C=NO)C(F)C(=O)O. The summed E-state index contributed by atoms with van der Waals surface area (Å²) >= 11 is 0. The Kier molecular flexibility index (Phi) is 2.98. The van der Waals surface area contributed by atoms with E-state index in [0.29, 0.717) is 0 Å². The van der Waals surface area contributed by atoms with E-state index in [0.717, 1.165) is 6.21 Å². The van der Waals surface area contributed by atoms with Gasteiger partial charge >= 0.3 is 5.97 Å². The third kappa shape index (κ3) is 2.53. The van der Waals surface area contributed by atoms with E-state index in [1.165, 1.54) is 13.8 Å². The molecule has 0 radical (unpaired) electrons. The molecule has 0 bridgehead atoms. The van der Waals surface area contributed by atoms with Crippen LogP contribution in [0.25, 0.3) is 0 Å². The monoisotopic (exact) mass is 163 g/mol. The molecule has 0 saturated heterocycles. The Labute approximate surface area is 63.3 Å². The van der Waals surface area contributed by atoms with E-state index in [-0.39, 0.29) is 0 Å². The van der Waals surface area contributed by atoms with E-state index in [9.17, 15) is 9.18 Å². The fourth-order valence-electron chi connectivity index (χ4n) is 0.532. The molecule has 1 atom stereocenters. The zero-order valence-corrected chi connectivity index (χ0v) is 6.28. The van der Waals surface area contributed by atoms with E-state index < -0.39 is 17.6 Å². The summed E-state index contributed by atoms with van der Waals surface area (Å²) < 4.78 is 12.7. The molecule has 0 rings (SSSR count). The fraction of sp³-hybridized carbons (Fsp3) is 0.667. The molecule has 5 heteroatoms. The van der Waals surface area contributed by atoms with E-state index >= 15 is 0 Å². The molecule has 0 aliphatic carbocycles. The lowest BCUT2D eigenvalue weighted by Gasteiger charge is -2.19. The zero-order valence-electron chi connectivity index (χ0n) is 6.28. The summed E-state index contributed by atoms with van der Waals surface area (Å²) in [5, 5.41) is 18.9. The standard InChI is InChI=1S/C6H10FNO3/c1-6(2,3-8-11)4(7)5(9)10/h3-4,11H,1-2H3,(H,9,10). The molecule has 64 valence electrons. The van der Waals surface area contributed by atoms with Gasteiger partial charge < -0.3 is 10.3 Å². The number of nitrogens with zero attached hydrogens (tertiary/aromatic N) is 1. The summed E-state index contributed by atoms with van der Waals surface area (Å²) in [6.45, 7) is 2.65. The van der Waals surface area contributed by atoms with Gasteiger partial charge in [-0.1, -0.05) is 13.8 Å². The van der Waals surface area contributed by atoms with E-state index in [2.05, 4.69) is 5.16 Å². The smallest absolute Gasteiger partial charge is 0.339 e. The van der Waals surface area contributed by atoms with Crippen molar-refractivity contribution in [1.29, 1.82) is 0 Å². The number of hydrogen-bond donors (Lipinski definition) is 2. The van der Waals surface area contributed by atoms with Crippen LogP contribution in [-0.2, 0) is 4.79 Å². The predicted octanol–water partition coefficient (Wildman–Crippen LogP) is 0.895. The lowest BCUT2D eigenvalue weighted by molar-refractivity contribution is -0.145. The maximum absolute atomic E-state index is 12.7. The quantitative estimate of drug-likeness (QED) is 0.369. The highest BCUT2D eigenvalue weighted by molar-refractivity contribution is 5.80. The summed E-state index contributed by atoms with van der Waals surface area (Å²) in [4.78, 5) is 10.1. The highest BCUT2D eigenvalue weighted by Gasteiger charge is 2.34. The van der Waals surface area contributed by atoms with Gasteiger partial charge in [0.2, 0.25) is 6.17 Å². The van der Waals surface area contributed by atoms with Crippen molar-refractivity contribution in [2.24, 2.45) is 10.6 Å². The number of aliphatic carboxylic acids is 1. The molecule has 4 nitrogen and oxygen atoms in total. The Morgan fingerprint density at radius 3 is 2.45 bits per heavy atom. The third-order valence-corrected chi connectivity index (χ3v) is 1.26. The van der Waals surface area contributed by atoms with Crippen LogP contribution in [0.1, 0.15) is 13.8 Å². The van der Waals surface area contributed by atoms with Crippen molar-refractivity contribution < 1.29 is 19.5 Å². The van der Waals surface area contributed by atoms with Gasteiger partial charge in [0, 0.05) is 5.41 Å². The van der Waals surface area contributed by atoms with Crippen LogP contribution in [0.2, 0.25) is 0 Å². The number of alkyl halides is 1. The number of carbonyl (C=O) groups is 1. The van der Waals surface area contributed by atoms with Gasteiger partial charge in [0.25, 0.3) is 0 Å². The molecule has 0 heterocycles. The van der Waals surface area contributed by atoms with Gasteiger partial charge in [-0.2, -0.15) is 0 Å². The molecule has 0 spiro atoms. The number of rotatable bonds is 3. The molecule has 2 N–H and O–H groups in total. The zero-order chi connectivity index (χ0) is 9.07. The van der Waals surface area contributed by atoms with Crippen LogP contribution in [0.5, 0.6) is 0 Å². The van der Waals surface area contributed by atoms with Crippen molar-refractivity contribution in [3.8, 4) is 0 Å². The van der Waals surface area contributed by atoms with Crippen LogP contribution in [0.3, 0.4) is 0 Å². The van der Waals surface area contributed by atoms with Crippen LogP contribution in [-0.4, -0.2) is 28.7 Å². The average Bonchev–Trinajstić information content (AvgIpc) is 1.86. The summed E-state index contributed by atoms with van der Waals surface area (Å²) in [5.74, 6) is -1.56. The first-order valence-electron chi connectivity index (χ1n) is 2.97. The van der Waals surface area contributed by atoms with Crippen LogP contribution in [0.15, 0.2) is 5.16 Å². The summed E-state index contributed by atoms with van der Waals surface area (Å²) in [5.41, 5.74) is -1.28. The number of halogens is 1. The molecule has 0 amide bonds. The second-order valence-electron chi connectivity index (χ2n) is 2.77. The molecule has 0 aromatic rings. The second kappa shape index (κ2) is 3.32. The first kappa shape index (κ1) is 9.87. The summed E-state index contributed by atoms with van der Waals surface area (Å²) in [7, 11) is 0. The topological polar surface area (TPSA) is 69.9 Å². The average molecular weight is 163 g/mol. The first-order valence-corrected chi connectivity index (χ1v) is 2.97. The first-order chi connectivity index (χ1) is 4.91. The van der Waals surface area contributed by atoms with Crippen LogP contribution >= 0.6 is 0 Å². The Bertz CT molecular complexity index is 179. The Morgan fingerprint density at radius 1 is 1.73 bits per heavy atom. The molecule has 0 aromatic heterocycles. The Hall–Kier alpha value is -1.13. The minimum atomic E-state index is -2.06. The van der Waals surface area contributed by atoms with E-state index in [1.54, 1.807) is 0 Å². The molecule has 0 aliphatic rings. The van der Waals surface area contributed by atoms with Gasteiger partial charge in [0.1, 0.15) is 0 Å². The molecule has 0 aliphatic heterocycles. The molecular formula is C6H10FNO3. The fourth-order valence-corrected chi connectivity index (χ4v) is 0.532. The predicted molar refractivity (Wildman–Crippen MR) is 36.6 cm³/mol. The van der Waals surface area contributed by atoms with Crippen LogP contribution in [0, 0.1) is 5.41 Å². The summed E-state index contributed by atoms with van der Waals surface area (Å²) in [6, 6.07) is 0. The van der Waals surface area contributed by atoms with Crippen LogP contribution < -0.4 is 0 Å². The molecular weight excluding hydrogens is 153 g/mol. The van der Waals surface area contributed by atoms with Crippen molar-refractivity contribution >= 4 is 12.2 Å². The van der Waals surface area contributed by atoms with Gasteiger partial charge in [-0.25, -0.2) is 9.18 Å². The lowest BCUT2D eigenvalue weighted by atomic mass is 9.89. The van der Waals surface area contributed by atoms with Crippen molar-refractivity contribution in [3.05, 3.63) is 0 Å². The van der Waals surface area contributed by atoms with Crippen LogP contribution in [0.4, 0.5) is 4.39 Å². The van der Waals surface area contributed by atoms with E-state index in [4.69, 9.17) is 10.3 Å². The van der Waals surface area contributed by atoms with Crippen molar-refractivity contribution in [1.82, 2.24) is 0 Å². The Balaban J connectivity index is 4.41. The largest absolute Gasteiger partial charge is 0.479 e. The number of hydrogen-bond acceptors (Lipinski definition) is 3. The van der Waals surface area contributed by atoms with Crippen molar-refractivity contribution in [3.63, 3.8) is 0 Å². The second-order valence-corrected chi connectivity index (χ2v) is 2.77. The third-order valence-electron chi connectivity index (χ3n) is 1.26. The van der Waals surface area contributed by atoms with E-state index in [1.807, 2.05) is 0 Å². The number of carboxylic acid groups (broad SMARTS) is 1. The molecule has 0 fully saturated rings. The highest BCUT2D eigenvalue weighted by atomic mass is 19.1. The van der Waals surface area contributed by atoms with Gasteiger partial charge in [-0.05, 0) is 0 Å².